The number of nitrogens with one attached hydrogen (secondary N) is 1. The van der Waals surface area contributed by atoms with Gasteiger partial charge in [-0.25, -0.2) is 8.42 Å². The molecule has 0 bridgehead atoms. The van der Waals surface area contributed by atoms with E-state index < -0.39 is 34.1 Å². The van der Waals surface area contributed by atoms with Crippen molar-refractivity contribution in [2.75, 3.05) is 10.8 Å². The Hall–Kier alpha value is -3.95. The Kier molecular flexibility index (Phi) is 10.9. The molecule has 0 spiro atoms. The zero-order chi connectivity index (χ0) is 32.8. The normalized spacial score (nSPS) is 12.3. The summed E-state index contributed by atoms with van der Waals surface area (Å²) in [6.45, 7) is 8.97. The van der Waals surface area contributed by atoms with E-state index in [1.54, 1.807) is 24.3 Å². The van der Waals surface area contributed by atoms with Crippen molar-refractivity contribution in [3.05, 3.63) is 130 Å². The van der Waals surface area contributed by atoms with Crippen LogP contribution in [0.4, 0.5) is 5.69 Å². The fraction of sp³-hybridized carbons (Fsp3) is 0.278. The Morgan fingerprint density at radius 2 is 1.44 bits per heavy atom. The summed E-state index contributed by atoms with van der Waals surface area (Å²) in [5.41, 5.74) is 3.09. The molecule has 0 aromatic heterocycles. The van der Waals surface area contributed by atoms with Crippen LogP contribution < -0.4 is 9.62 Å². The second-order valence-corrected chi connectivity index (χ2v) is 15.0. The highest BCUT2D eigenvalue weighted by molar-refractivity contribution is 9.10. The van der Waals surface area contributed by atoms with Gasteiger partial charge in [-0.1, -0.05) is 88.7 Å². The largest absolute Gasteiger partial charge is 0.350 e. The molecule has 4 aromatic carbocycles. The second kappa shape index (κ2) is 14.4. The molecule has 0 saturated heterocycles. The van der Waals surface area contributed by atoms with E-state index in [-0.39, 0.29) is 23.8 Å². The number of hydrogen-bond donors (Lipinski definition) is 1. The van der Waals surface area contributed by atoms with E-state index in [0.29, 0.717) is 11.3 Å². The van der Waals surface area contributed by atoms with Gasteiger partial charge in [0.25, 0.3) is 10.0 Å². The first-order valence-corrected chi connectivity index (χ1v) is 17.0. The lowest BCUT2D eigenvalue weighted by Crippen LogP contribution is -2.56. The molecule has 0 unspecified atom stereocenters. The Bertz CT molecular complexity index is 1740. The van der Waals surface area contributed by atoms with Crippen molar-refractivity contribution in [1.29, 1.82) is 0 Å². The molecule has 1 N–H and O–H groups in total. The predicted molar refractivity (Wildman–Crippen MR) is 183 cm³/mol. The van der Waals surface area contributed by atoms with Gasteiger partial charge in [0, 0.05) is 23.0 Å². The summed E-state index contributed by atoms with van der Waals surface area (Å²) in [6, 6.07) is 29.7. The van der Waals surface area contributed by atoms with Crippen LogP contribution in [-0.2, 0) is 32.6 Å². The first-order chi connectivity index (χ1) is 21.2. The van der Waals surface area contributed by atoms with E-state index in [2.05, 4.69) is 21.2 Å². The smallest absolute Gasteiger partial charge is 0.264 e. The number of amides is 2. The van der Waals surface area contributed by atoms with Crippen molar-refractivity contribution in [1.82, 2.24) is 10.2 Å². The quantitative estimate of drug-likeness (QED) is 0.187. The van der Waals surface area contributed by atoms with Crippen LogP contribution in [0.2, 0.25) is 0 Å². The van der Waals surface area contributed by atoms with Gasteiger partial charge in [-0.05, 0) is 87.2 Å². The molecule has 0 aliphatic rings. The first kappa shape index (κ1) is 33.9. The standard InChI is InChI=1S/C36H40BrN3O4S/c1-26-19-20-27(2)32(21-26)40(45(43,44)31-17-10-7-11-18-31)25-34(41)39(24-29-15-12-16-30(37)22-29)33(35(42)38-36(3,4)5)23-28-13-8-6-9-14-28/h6-22,33H,23-25H2,1-5H3,(H,38,42)/t33-/m1/s1. The van der Waals surface area contributed by atoms with Crippen molar-refractivity contribution < 1.29 is 18.0 Å². The van der Waals surface area contributed by atoms with E-state index in [1.165, 1.54) is 21.3 Å². The molecule has 0 radical (unpaired) electrons. The zero-order valence-electron chi connectivity index (χ0n) is 26.3. The molecular weight excluding hydrogens is 650 g/mol. The molecule has 7 nitrogen and oxygen atoms in total. The molecular formula is C36H40BrN3O4S. The fourth-order valence-electron chi connectivity index (χ4n) is 5.06. The number of hydrogen-bond acceptors (Lipinski definition) is 4. The third-order valence-electron chi connectivity index (χ3n) is 7.25. The van der Waals surface area contributed by atoms with E-state index in [1.807, 2.05) is 101 Å². The topological polar surface area (TPSA) is 86.8 Å². The molecule has 2 amide bonds. The number of sulfonamides is 1. The van der Waals surface area contributed by atoms with Crippen LogP contribution in [-0.4, -0.2) is 43.3 Å². The third-order valence-corrected chi connectivity index (χ3v) is 9.52. The van der Waals surface area contributed by atoms with Gasteiger partial charge < -0.3 is 10.2 Å². The highest BCUT2D eigenvalue weighted by Gasteiger charge is 2.36. The van der Waals surface area contributed by atoms with E-state index in [0.717, 1.165) is 21.2 Å². The Balaban J connectivity index is 1.84. The van der Waals surface area contributed by atoms with Gasteiger partial charge in [0.05, 0.1) is 10.6 Å². The highest BCUT2D eigenvalue weighted by atomic mass is 79.9. The molecule has 0 heterocycles. The first-order valence-electron chi connectivity index (χ1n) is 14.8. The number of benzene rings is 4. The van der Waals surface area contributed by atoms with Gasteiger partial charge in [-0.2, -0.15) is 0 Å². The van der Waals surface area contributed by atoms with Crippen molar-refractivity contribution in [2.45, 2.75) is 64.1 Å². The molecule has 0 saturated carbocycles. The minimum Gasteiger partial charge on any atom is -0.350 e. The summed E-state index contributed by atoms with van der Waals surface area (Å²) in [5, 5.41) is 3.06. The summed E-state index contributed by atoms with van der Waals surface area (Å²) < 4.78 is 30.4. The van der Waals surface area contributed by atoms with Crippen LogP contribution in [0.15, 0.2) is 112 Å². The molecule has 0 fully saturated rings. The van der Waals surface area contributed by atoms with Crippen LogP contribution in [0.5, 0.6) is 0 Å². The van der Waals surface area contributed by atoms with Gasteiger partial charge in [0.15, 0.2) is 0 Å². The Morgan fingerprint density at radius 3 is 2.07 bits per heavy atom. The Morgan fingerprint density at radius 1 is 0.822 bits per heavy atom. The molecule has 4 rings (SSSR count). The van der Waals surface area contributed by atoms with Crippen molar-refractivity contribution >= 4 is 43.5 Å². The van der Waals surface area contributed by atoms with E-state index >= 15 is 0 Å². The van der Waals surface area contributed by atoms with Crippen molar-refractivity contribution in [3.63, 3.8) is 0 Å². The van der Waals surface area contributed by atoms with Gasteiger partial charge in [0.2, 0.25) is 11.8 Å². The Labute approximate surface area is 275 Å². The maximum Gasteiger partial charge on any atom is 0.264 e. The number of nitrogens with zero attached hydrogens (tertiary/aromatic N) is 2. The van der Waals surface area contributed by atoms with Crippen LogP contribution >= 0.6 is 15.9 Å². The predicted octanol–water partition coefficient (Wildman–Crippen LogP) is 6.82. The van der Waals surface area contributed by atoms with Crippen LogP contribution in [0, 0.1) is 13.8 Å². The fourth-order valence-corrected chi connectivity index (χ4v) is 7.00. The van der Waals surface area contributed by atoms with E-state index in [9.17, 15) is 18.0 Å². The summed E-state index contributed by atoms with van der Waals surface area (Å²) in [6.07, 6.45) is 0.247. The average Bonchev–Trinajstić information content (AvgIpc) is 2.99. The van der Waals surface area contributed by atoms with Gasteiger partial charge in [-0.3, -0.25) is 13.9 Å². The van der Waals surface area contributed by atoms with Crippen LogP contribution in [0.25, 0.3) is 0 Å². The number of aryl methyl sites for hydroxylation is 2. The zero-order valence-corrected chi connectivity index (χ0v) is 28.7. The minimum atomic E-state index is -4.16. The van der Waals surface area contributed by atoms with Crippen molar-refractivity contribution in [2.24, 2.45) is 0 Å². The maximum atomic E-state index is 14.6. The summed E-state index contributed by atoms with van der Waals surface area (Å²) in [7, 11) is -4.16. The highest BCUT2D eigenvalue weighted by Crippen LogP contribution is 2.29. The van der Waals surface area contributed by atoms with Gasteiger partial charge in [0.1, 0.15) is 12.6 Å². The SMILES string of the molecule is Cc1ccc(C)c(N(CC(=O)N(Cc2cccc(Br)c2)[C@H](Cc2ccccc2)C(=O)NC(C)(C)C)S(=O)(=O)c2ccccc2)c1. The molecule has 9 heteroatoms. The number of halogens is 1. The lowest BCUT2D eigenvalue weighted by Gasteiger charge is -2.35. The second-order valence-electron chi connectivity index (χ2n) is 12.2. The molecule has 236 valence electrons. The van der Waals surface area contributed by atoms with Crippen molar-refractivity contribution in [3.8, 4) is 0 Å². The molecule has 1 atom stereocenters. The molecule has 4 aromatic rings. The van der Waals surface area contributed by atoms with Crippen LogP contribution in [0.1, 0.15) is 43.0 Å². The molecule has 0 aliphatic carbocycles. The monoisotopic (exact) mass is 689 g/mol. The van der Waals surface area contributed by atoms with E-state index in [4.69, 9.17) is 0 Å². The lowest BCUT2D eigenvalue weighted by atomic mass is 10.0. The number of anilines is 1. The van der Waals surface area contributed by atoms with Gasteiger partial charge >= 0.3 is 0 Å². The third kappa shape index (κ3) is 9.05. The summed E-state index contributed by atoms with van der Waals surface area (Å²) >= 11 is 3.52. The summed E-state index contributed by atoms with van der Waals surface area (Å²) in [4.78, 5) is 30.2. The lowest BCUT2D eigenvalue weighted by molar-refractivity contribution is -0.140. The van der Waals surface area contributed by atoms with Crippen LogP contribution in [0.3, 0.4) is 0 Å². The van der Waals surface area contributed by atoms with Gasteiger partial charge in [-0.15, -0.1) is 0 Å². The maximum absolute atomic E-state index is 14.6. The number of carbonyl (C=O) groups is 2. The minimum absolute atomic E-state index is 0.0727. The summed E-state index contributed by atoms with van der Waals surface area (Å²) in [5.74, 6) is -0.820. The number of carbonyl (C=O) groups excluding carboxylic acids is 2. The number of rotatable bonds is 11. The molecule has 0 aliphatic heterocycles. The molecule has 45 heavy (non-hydrogen) atoms. The average molecular weight is 691 g/mol.